The number of carbonyl (C=O) groups excluding carboxylic acids is 1. The fraction of sp³-hybridized carbons (Fsp3) is 0.588. The van der Waals surface area contributed by atoms with E-state index < -0.39 is 0 Å². The Bertz CT molecular complexity index is 440. The van der Waals surface area contributed by atoms with Gasteiger partial charge < -0.3 is 15.3 Å². The molecular formula is C17H26N2O2S. The Balaban J connectivity index is 1.64. The summed E-state index contributed by atoms with van der Waals surface area (Å²) in [6.07, 6.45) is 4.89. The van der Waals surface area contributed by atoms with Crippen LogP contribution in [0.3, 0.4) is 0 Å². The van der Waals surface area contributed by atoms with E-state index in [1.165, 1.54) is 4.90 Å². The van der Waals surface area contributed by atoms with Crippen LogP contribution in [0.4, 0.5) is 4.79 Å². The summed E-state index contributed by atoms with van der Waals surface area (Å²) in [5, 5.41) is 12.1. The van der Waals surface area contributed by atoms with Crippen LogP contribution in [0, 0.1) is 0 Å². The minimum Gasteiger partial charge on any atom is -0.396 e. The number of hydrogen-bond donors (Lipinski definition) is 2. The average molecular weight is 322 g/mol. The van der Waals surface area contributed by atoms with Crippen LogP contribution in [-0.4, -0.2) is 47.5 Å². The van der Waals surface area contributed by atoms with Crippen LogP contribution in [0.25, 0.3) is 0 Å². The van der Waals surface area contributed by atoms with Crippen molar-refractivity contribution in [2.45, 2.75) is 43.0 Å². The molecule has 2 rings (SSSR count). The molecule has 2 N–H and O–H groups in total. The molecule has 0 radical (unpaired) electrons. The van der Waals surface area contributed by atoms with Gasteiger partial charge >= 0.3 is 6.03 Å². The molecule has 0 aliphatic carbocycles. The molecule has 1 aromatic rings. The first-order valence-corrected chi connectivity index (χ1v) is 9.13. The second-order valence-electron chi connectivity index (χ2n) is 5.60. The molecule has 1 aliphatic heterocycles. The number of aliphatic hydroxyl groups is 1. The number of benzene rings is 1. The molecule has 1 unspecified atom stereocenters. The molecule has 0 bridgehead atoms. The van der Waals surface area contributed by atoms with Crippen molar-refractivity contribution in [2.75, 3.05) is 25.4 Å². The summed E-state index contributed by atoms with van der Waals surface area (Å²) in [7, 11) is 0. The van der Waals surface area contributed by atoms with E-state index in [0.29, 0.717) is 13.0 Å². The quantitative estimate of drug-likeness (QED) is 0.599. The van der Waals surface area contributed by atoms with E-state index in [9.17, 15) is 4.79 Å². The van der Waals surface area contributed by atoms with Crippen LogP contribution in [-0.2, 0) is 0 Å². The maximum atomic E-state index is 12.2. The summed E-state index contributed by atoms with van der Waals surface area (Å²) >= 11 is 1.82. The normalized spacial score (nSPS) is 18.2. The summed E-state index contributed by atoms with van der Waals surface area (Å²) in [6, 6.07) is 10.6. The van der Waals surface area contributed by atoms with Gasteiger partial charge in [0, 0.05) is 30.6 Å². The minimum atomic E-state index is 0.0304. The Labute approximate surface area is 137 Å². The second kappa shape index (κ2) is 9.74. The van der Waals surface area contributed by atoms with Crippen LogP contribution in [0.2, 0.25) is 0 Å². The molecule has 1 saturated heterocycles. The molecule has 22 heavy (non-hydrogen) atoms. The van der Waals surface area contributed by atoms with E-state index in [-0.39, 0.29) is 18.7 Å². The lowest BCUT2D eigenvalue weighted by Gasteiger charge is -2.35. The van der Waals surface area contributed by atoms with Crippen molar-refractivity contribution >= 4 is 17.8 Å². The standard InChI is InChI=1S/C17H26N2O2S/c20-13-10-15-7-4-5-12-19(15)17(21)18-11-6-14-22-16-8-2-1-3-9-16/h1-3,8-9,15,20H,4-7,10-14H2,(H,18,21). The van der Waals surface area contributed by atoms with Crippen LogP contribution in [0.15, 0.2) is 35.2 Å². The van der Waals surface area contributed by atoms with Gasteiger partial charge in [-0.15, -0.1) is 11.8 Å². The predicted octanol–water partition coefficient (Wildman–Crippen LogP) is 3.12. The van der Waals surface area contributed by atoms with Crippen molar-refractivity contribution in [1.29, 1.82) is 0 Å². The zero-order valence-electron chi connectivity index (χ0n) is 13.0. The lowest BCUT2D eigenvalue weighted by Crippen LogP contribution is -2.49. The number of aliphatic hydroxyl groups excluding tert-OH is 1. The van der Waals surface area contributed by atoms with Crippen molar-refractivity contribution in [3.05, 3.63) is 30.3 Å². The molecule has 1 aliphatic rings. The molecule has 4 nitrogen and oxygen atoms in total. The molecule has 5 heteroatoms. The first-order valence-electron chi connectivity index (χ1n) is 8.14. The number of nitrogens with zero attached hydrogens (tertiary/aromatic N) is 1. The van der Waals surface area contributed by atoms with Crippen molar-refractivity contribution in [3.8, 4) is 0 Å². The summed E-state index contributed by atoms with van der Waals surface area (Å²) < 4.78 is 0. The highest BCUT2D eigenvalue weighted by Crippen LogP contribution is 2.20. The number of amides is 2. The number of carbonyl (C=O) groups is 1. The molecule has 1 heterocycles. The summed E-state index contributed by atoms with van der Waals surface area (Å²) in [6.45, 7) is 1.68. The van der Waals surface area contributed by atoms with Gasteiger partial charge in [0.05, 0.1) is 0 Å². The van der Waals surface area contributed by atoms with E-state index in [2.05, 4.69) is 17.4 Å². The average Bonchev–Trinajstić information content (AvgIpc) is 2.56. The number of piperidine rings is 1. The second-order valence-corrected chi connectivity index (χ2v) is 6.77. The lowest BCUT2D eigenvalue weighted by molar-refractivity contribution is 0.132. The van der Waals surface area contributed by atoms with E-state index in [0.717, 1.165) is 38.0 Å². The SMILES string of the molecule is O=C(NCCCSc1ccccc1)N1CCCCC1CCO. The van der Waals surface area contributed by atoms with E-state index in [1.54, 1.807) is 0 Å². The molecule has 0 saturated carbocycles. The molecule has 2 amide bonds. The molecule has 0 spiro atoms. The Kier molecular flexibility index (Phi) is 7.60. The predicted molar refractivity (Wildman–Crippen MR) is 91.2 cm³/mol. The van der Waals surface area contributed by atoms with E-state index in [1.807, 2.05) is 34.9 Å². The third-order valence-electron chi connectivity index (χ3n) is 3.96. The Hall–Kier alpha value is -1.20. The molecule has 0 aromatic heterocycles. The first-order chi connectivity index (χ1) is 10.8. The highest BCUT2D eigenvalue weighted by Gasteiger charge is 2.25. The van der Waals surface area contributed by atoms with E-state index >= 15 is 0 Å². The fourth-order valence-corrected chi connectivity index (χ4v) is 3.67. The van der Waals surface area contributed by atoms with Gasteiger partial charge in [-0.05, 0) is 50.0 Å². The first kappa shape index (κ1) is 17.2. The molecule has 1 fully saturated rings. The summed E-state index contributed by atoms with van der Waals surface area (Å²) in [4.78, 5) is 15.4. The van der Waals surface area contributed by atoms with Crippen LogP contribution >= 0.6 is 11.8 Å². The monoisotopic (exact) mass is 322 g/mol. The van der Waals surface area contributed by atoms with Crippen molar-refractivity contribution in [1.82, 2.24) is 10.2 Å². The molecule has 1 atom stereocenters. The topological polar surface area (TPSA) is 52.6 Å². The number of rotatable bonds is 7. The molecular weight excluding hydrogens is 296 g/mol. The maximum Gasteiger partial charge on any atom is 0.317 e. The van der Waals surface area contributed by atoms with Gasteiger partial charge in [0.1, 0.15) is 0 Å². The number of nitrogens with one attached hydrogen (secondary N) is 1. The maximum absolute atomic E-state index is 12.2. The van der Waals surface area contributed by atoms with E-state index in [4.69, 9.17) is 5.11 Å². The Morgan fingerprint density at radius 2 is 2.14 bits per heavy atom. The van der Waals surface area contributed by atoms with Crippen LogP contribution in [0.5, 0.6) is 0 Å². The van der Waals surface area contributed by atoms with Crippen molar-refractivity contribution in [2.24, 2.45) is 0 Å². The zero-order chi connectivity index (χ0) is 15.6. The fourth-order valence-electron chi connectivity index (χ4n) is 2.79. The number of urea groups is 1. The van der Waals surface area contributed by atoms with Gasteiger partial charge in [0.25, 0.3) is 0 Å². The summed E-state index contributed by atoms with van der Waals surface area (Å²) in [5.74, 6) is 1.00. The zero-order valence-corrected chi connectivity index (χ0v) is 13.9. The molecule has 1 aromatic carbocycles. The highest BCUT2D eigenvalue weighted by molar-refractivity contribution is 7.99. The number of hydrogen-bond acceptors (Lipinski definition) is 3. The Morgan fingerprint density at radius 3 is 2.91 bits per heavy atom. The van der Waals surface area contributed by atoms with Gasteiger partial charge in [0.15, 0.2) is 0 Å². The van der Waals surface area contributed by atoms with Crippen molar-refractivity contribution in [3.63, 3.8) is 0 Å². The third kappa shape index (κ3) is 5.54. The smallest absolute Gasteiger partial charge is 0.317 e. The summed E-state index contributed by atoms with van der Waals surface area (Å²) in [5.41, 5.74) is 0. The minimum absolute atomic E-state index is 0.0304. The molecule has 122 valence electrons. The number of likely N-dealkylation sites (tertiary alicyclic amines) is 1. The lowest BCUT2D eigenvalue weighted by atomic mass is 10.0. The largest absolute Gasteiger partial charge is 0.396 e. The third-order valence-corrected chi connectivity index (χ3v) is 5.06. The number of thioether (sulfide) groups is 1. The van der Waals surface area contributed by atoms with Gasteiger partial charge in [-0.2, -0.15) is 0 Å². The van der Waals surface area contributed by atoms with Crippen LogP contribution in [0.1, 0.15) is 32.1 Å². The highest BCUT2D eigenvalue weighted by atomic mass is 32.2. The van der Waals surface area contributed by atoms with Crippen LogP contribution < -0.4 is 5.32 Å². The Morgan fingerprint density at radius 1 is 1.32 bits per heavy atom. The van der Waals surface area contributed by atoms with Gasteiger partial charge in [-0.1, -0.05) is 18.2 Å². The van der Waals surface area contributed by atoms with Gasteiger partial charge in [0.2, 0.25) is 0 Å². The van der Waals surface area contributed by atoms with Gasteiger partial charge in [-0.25, -0.2) is 4.79 Å². The van der Waals surface area contributed by atoms with Crippen molar-refractivity contribution < 1.29 is 9.90 Å². The van der Waals surface area contributed by atoms with Gasteiger partial charge in [-0.3, -0.25) is 0 Å².